The van der Waals surface area contributed by atoms with Crippen LogP contribution in [-0.2, 0) is 6.54 Å². The molecule has 0 heterocycles. The Balaban J connectivity index is 2.53. The minimum absolute atomic E-state index is 0.342. The minimum atomic E-state index is -0.410. The first-order valence-corrected chi connectivity index (χ1v) is 5.38. The Kier molecular flexibility index (Phi) is 4.28. The van der Waals surface area contributed by atoms with E-state index in [9.17, 15) is 4.39 Å². The van der Waals surface area contributed by atoms with Gasteiger partial charge in [-0.3, -0.25) is 0 Å². The first-order valence-electron chi connectivity index (χ1n) is 5.00. The van der Waals surface area contributed by atoms with Crippen LogP contribution in [0.2, 0.25) is 5.02 Å². The van der Waals surface area contributed by atoms with Crippen LogP contribution in [0.25, 0.3) is 0 Å². The molecule has 1 aromatic carbocycles. The van der Waals surface area contributed by atoms with Crippen molar-refractivity contribution in [3.63, 3.8) is 0 Å². The summed E-state index contributed by atoms with van der Waals surface area (Å²) in [7, 11) is 0. The van der Waals surface area contributed by atoms with E-state index in [1.807, 2.05) is 13.8 Å². The van der Waals surface area contributed by atoms with Crippen LogP contribution in [0.15, 0.2) is 18.2 Å². The molecule has 0 saturated carbocycles. The van der Waals surface area contributed by atoms with Crippen LogP contribution in [0.3, 0.4) is 0 Å². The standard InChI is InChI=1S/C12H14ClFN2/c1-12(2,7-15)8-16-6-9-3-4-10(14)5-11(9)13/h3-5,16H,6,8H2,1-2H3. The van der Waals surface area contributed by atoms with E-state index in [0.717, 1.165) is 5.56 Å². The molecule has 0 amide bonds. The molecule has 0 saturated heterocycles. The minimum Gasteiger partial charge on any atom is -0.311 e. The summed E-state index contributed by atoms with van der Waals surface area (Å²) in [5.41, 5.74) is 0.420. The normalized spacial score (nSPS) is 11.2. The molecule has 0 unspecified atom stereocenters. The third-order valence-corrected chi connectivity index (χ3v) is 2.55. The molecule has 0 radical (unpaired) electrons. The highest BCUT2D eigenvalue weighted by Gasteiger charge is 2.15. The highest BCUT2D eigenvalue weighted by atomic mass is 35.5. The molecule has 16 heavy (non-hydrogen) atoms. The van der Waals surface area contributed by atoms with Gasteiger partial charge in [-0.15, -0.1) is 0 Å². The Morgan fingerprint density at radius 3 is 2.75 bits per heavy atom. The van der Waals surface area contributed by atoms with Gasteiger partial charge in [-0.2, -0.15) is 5.26 Å². The van der Waals surface area contributed by atoms with Gasteiger partial charge in [-0.1, -0.05) is 17.7 Å². The lowest BCUT2D eigenvalue weighted by atomic mass is 9.96. The highest BCUT2D eigenvalue weighted by Crippen LogP contribution is 2.17. The first kappa shape index (κ1) is 13.0. The molecule has 0 aromatic heterocycles. The van der Waals surface area contributed by atoms with Gasteiger partial charge in [0.15, 0.2) is 0 Å². The second-order valence-electron chi connectivity index (χ2n) is 4.33. The van der Waals surface area contributed by atoms with Crippen LogP contribution in [0.5, 0.6) is 0 Å². The van der Waals surface area contributed by atoms with Crippen LogP contribution < -0.4 is 5.32 Å². The van der Waals surface area contributed by atoms with Crippen molar-refractivity contribution in [2.45, 2.75) is 20.4 Å². The number of hydrogen-bond donors (Lipinski definition) is 1. The SMILES string of the molecule is CC(C)(C#N)CNCc1ccc(F)cc1Cl. The van der Waals surface area contributed by atoms with Gasteiger partial charge in [-0.25, -0.2) is 4.39 Å². The number of rotatable bonds is 4. The monoisotopic (exact) mass is 240 g/mol. The van der Waals surface area contributed by atoms with E-state index in [2.05, 4.69) is 11.4 Å². The van der Waals surface area contributed by atoms with Gasteiger partial charge in [0, 0.05) is 18.1 Å². The smallest absolute Gasteiger partial charge is 0.124 e. The Labute approximate surface area is 100 Å². The van der Waals surface area contributed by atoms with E-state index in [1.54, 1.807) is 6.07 Å². The lowest BCUT2D eigenvalue weighted by Gasteiger charge is -2.16. The largest absolute Gasteiger partial charge is 0.311 e. The van der Waals surface area contributed by atoms with E-state index in [4.69, 9.17) is 16.9 Å². The average molecular weight is 241 g/mol. The van der Waals surface area contributed by atoms with Crippen LogP contribution in [0, 0.1) is 22.6 Å². The number of benzene rings is 1. The Morgan fingerprint density at radius 1 is 1.50 bits per heavy atom. The first-order chi connectivity index (χ1) is 7.44. The molecular formula is C12H14ClFN2. The van der Waals surface area contributed by atoms with Crippen molar-refractivity contribution in [2.75, 3.05) is 6.54 Å². The Morgan fingerprint density at radius 2 is 2.19 bits per heavy atom. The Hall–Kier alpha value is -1.11. The van der Waals surface area contributed by atoms with Gasteiger partial charge in [0.05, 0.1) is 11.5 Å². The summed E-state index contributed by atoms with van der Waals surface area (Å²) in [5, 5.41) is 12.3. The van der Waals surface area contributed by atoms with Crippen molar-refractivity contribution < 1.29 is 4.39 Å². The van der Waals surface area contributed by atoms with E-state index in [-0.39, 0.29) is 5.82 Å². The molecule has 0 aliphatic rings. The Bertz CT molecular complexity index is 410. The van der Waals surface area contributed by atoms with E-state index in [1.165, 1.54) is 12.1 Å². The molecule has 0 fully saturated rings. The summed E-state index contributed by atoms with van der Waals surface area (Å²) in [4.78, 5) is 0. The number of nitriles is 1. The lowest BCUT2D eigenvalue weighted by molar-refractivity contribution is 0.445. The molecule has 0 aliphatic carbocycles. The number of nitrogens with zero attached hydrogens (tertiary/aromatic N) is 1. The summed E-state index contributed by atoms with van der Waals surface area (Å²) >= 11 is 5.87. The maximum Gasteiger partial charge on any atom is 0.124 e. The summed E-state index contributed by atoms with van der Waals surface area (Å²) in [6.45, 7) is 4.81. The second-order valence-corrected chi connectivity index (χ2v) is 4.74. The molecule has 1 aromatic rings. The summed E-state index contributed by atoms with van der Waals surface area (Å²) in [6.07, 6.45) is 0. The van der Waals surface area contributed by atoms with Crippen LogP contribution in [-0.4, -0.2) is 6.54 Å². The molecule has 2 nitrogen and oxygen atoms in total. The topological polar surface area (TPSA) is 35.8 Å². The van der Waals surface area contributed by atoms with Crippen LogP contribution >= 0.6 is 11.6 Å². The maximum absolute atomic E-state index is 12.8. The van der Waals surface area contributed by atoms with Crippen molar-refractivity contribution >= 4 is 11.6 Å². The van der Waals surface area contributed by atoms with E-state index < -0.39 is 5.41 Å². The van der Waals surface area contributed by atoms with E-state index >= 15 is 0 Å². The van der Waals surface area contributed by atoms with Gasteiger partial charge in [0.25, 0.3) is 0 Å². The highest BCUT2D eigenvalue weighted by molar-refractivity contribution is 6.31. The molecule has 0 atom stereocenters. The van der Waals surface area contributed by atoms with Crippen molar-refractivity contribution in [3.05, 3.63) is 34.6 Å². The molecule has 1 N–H and O–H groups in total. The number of halogens is 2. The third kappa shape index (κ3) is 3.80. The molecule has 0 bridgehead atoms. The molecule has 86 valence electrons. The lowest BCUT2D eigenvalue weighted by Crippen LogP contribution is -2.27. The molecular weight excluding hydrogens is 227 g/mol. The summed E-state index contributed by atoms with van der Waals surface area (Å²) in [5.74, 6) is -0.342. The van der Waals surface area contributed by atoms with Crippen molar-refractivity contribution in [3.8, 4) is 6.07 Å². The average Bonchev–Trinajstić information content (AvgIpc) is 2.21. The molecule has 0 spiro atoms. The summed E-state index contributed by atoms with van der Waals surface area (Å²) < 4.78 is 12.8. The van der Waals surface area contributed by atoms with Gasteiger partial charge < -0.3 is 5.32 Å². The fourth-order valence-electron chi connectivity index (χ4n) is 1.21. The van der Waals surface area contributed by atoms with Crippen molar-refractivity contribution in [2.24, 2.45) is 5.41 Å². The van der Waals surface area contributed by atoms with Crippen LogP contribution in [0.4, 0.5) is 4.39 Å². The number of nitrogens with one attached hydrogen (secondary N) is 1. The van der Waals surface area contributed by atoms with Gasteiger partial charge >= 0.3 is 0 Å². The van der Waals surface area contributed by atoms with Crippen molar-refractivity contribution in [1.29, 1.82) is 5.26 Å². The second kappa shape index (κ2) is 5.29. The van der Waals surface area contributed by atoms with Crippen molar-refractivity contribution in [1.82, 2.24) is 5.32 Å². The zero-order chi connectivity index (χ0) is 12.2. The fraction of sp³-hybridized carbons (Fsp3) is 0.417. The molecule has 1 rings (SSSR count). The van der Waals surface area contributed by atoms with Gasteiger partial charge in [0.2, 0.25) is 0 Å². The van der Waals surface area contributed by atoms with Gasteiger partial charge in [-0.05, 0) is 31.5 Å². The maximum atomic E-state index is 12.8. The zero-order valence-electron chi connectivity index (χ0n) is 9.35. The third-order valence-electron chi connectivity index (χ3n) is 2.20. The summed E-state index contributed by atoms with van der Waals surface area (Å²) in [6, 6.07) is 6.50. The predicted octanol–water partition coefficient (Wildman–Crippen LogP) is 3.12. The van der Waals surface area contributed by atoms with E-state index in [0.29, 0.717) is 18.1 Å². The zero-order valence-corrected chi connectivity index (χ0v) is 10.1. The van der Waals surface area contributed by atoms with Crippen LogP contribution in [0.1, 0.15) is 19.4 Å². The quantitative estimate of drug-likeness (QED) is 0.878. The fourth-order valence-corrected chi connectivity index (χ4v) is 1.45. The molecule has 4 heteroatoms. The van der Waals surface area contributed by atoms with Gasteiger partial charge in [0.1, 0.15) is 5.82 Å². The number of hydrogen-bond acceptors (Lipinski definition) is 2. The predicted molar refractivity (Wildman–Crippen MR) is 62.5 cm³/mol. The molecule has 0 aliphatic heterocycles.